The van der Waals surface area contributed by atoms with E-state index in [1.165, 1.54) is 7.11 Å². The number of hydrogen-bond acceptors (Lipinski definition) is 6. The van der Waals surface area contributed by atoms with Gasteiger partial charge in [0.1, 0.15) is 17.3 Å². The Morgan fingerprint density at radius 3 is 2.60 bits per heavy atom. The Balaban J connectivity index is 2.25. The van der Waals surface area contributed by atoms with E-state index >= 15 is 0 Å². The van der Waals surface area contributed by atoms with Gasteiger partial charge in [-0.1, -0.05) is 12.1 Å². The number of esters is 1. The lowest BCUT2D eigenvalue weighted by Gasteiger charge is -2.22. The summed E-state index contributed by atoms with van der Waals surface area (Å²) in [6.45, 7) is 5.11. The number of H-pyrrole nitrogens is 1. The predicted molar refractivity (Wildman–Crippen MR) is 91.2 cm³/mol. The number of aromatic amines is 1. The summed E-state index contributed by atoms with van der Waals surface area (Å²) in [7, 11) is 1.20. The smallest absolute Gasteiger partial charge is 0.408 e. The van der Waals surface area contributed by atoms with Gasteiger partial charge in [-0.15, -0.1) is 0 Å². The van der Waals surface area contributed by atoms with Crippen molar-refractivity contribution in [2.45, 2.75) is 38.8 Å². The molecule has 1 unspecified atom stereocenters. The summed E-state index contributed by atoms with van der Waals surface area (Å²) in [5.74, 6) is -0.694. The van der Waals surface area contributed by atoms with Gasteiger partial charge in [0.2, 0.25) is 0 Å². The lowest BCUT2D eigenvalue weighted by atomic mass is 10.1. The largest absolute Gasteiger partial charge is 0.467 e. The first-order valence-corrected chi connectivity index (χ1v) is 7.75. The molecule has 0 bridgehead atoms. The number of carbonyl (C=O) groups is 2. The third kappa shape index (κ3) is 5.03. The van der Waals surface area contributed by atoms with E-state index in [0.717, 1.165) is 0 Å². The number of ether oxygens (including phenoxy) is 2. The van der Waals surface area contributed by atoms with Crippen LogP contribution < -0.4 is 10.9 Å². The highest BCUT2D eigenvalue weighted by atomic mass is 16.6. The van der Waals surface area contributed by atoms with E-state index in [1.807, 2.05) is 0 Å². The molecule has 8 nitrogen and oxygen atoms in total. The number of amides is 1. The number of aromatic nitrogens is 2. The number of alkyl carbamates (subject to hydrolysis) is 1. The molecule has 0 aliphatic heterocycles. The van der Waals surface area contributed by atoms with Crippen LogP contribution in [0.15, 0.2) is 29.1 Å². The number of nitrogens with zero attached hydrogens (tertiary/aromatic N) is 1. The van der Waals surface area contributed by atoms with Crippen LogP contribution in [0.4, 0.5) is 4.79 Å². The van der Waals surface area contributed by atoms with Crippen LogP contribution in [0, 0.1) is 0 Å². The molecule has 2 N–H and O–H groups in total. The molecule has 2 aromatic rings. The van der Waals surface area contributed by atoms with Crippen molar-refractivity contribution in [1.29, 1.82) is 0 Å². The van der Waals surface area contributed by atoms with Gasteiger partial charge in [0.25, 0.3) is 5.56 Å². The average Bonchev–Trinajstić information content (AvgIpc) is 2.52. The minimum atomic E-state index is -1.09. The first kappa shape index (κ1) is 18.4. The molecular formula is C17H21N3O5. The minimum absolute atomic E-state index is 0.116. The van der Waals surface area contributed by atoms with Gasteiger partial charge < -0.3 is 19.8 Å². The number of hydrogen-bond donors (Lipinski definition) is 2. The van der Waals surface area contributed by atoms with Crippen LogP contribution in [0.25, 0.3) is 11.0 Å². The van der Waals surface area contributed by atoms with Crippen LogP contribution in [0.3, 0.4) is 0 Å². The Labute approximate surface area is 144 Å². The Morgan fingerprint density at radius 2 is 1.96 bits per heavy atom. The fraction of sp³-hybridized carbons (Fsp3) is 0.412. The van der Waals surface area contributed by atoms with E-state index in [9.17, 15) is 14.4 Å². The number of methoxy groups -OCH3 is 1. The number of nitrogens with one attached hydrogen (secondary N) is 2. The van der Waals surface area contributed by atoms with E-state index in [-0.39, 0.29) is 12.1 Å². The SMILES string of the molecule is COC(=O)C(Cc1nc2ccccc2[nH]c1=O)NC(=O)OC(C)(C)C. The molecule has 8 heteroatoms. The minimum Gasteiger partial charge on any atom is -0.467 e. The highest BCUT2D eigenvalue weighted by Crippen LogP contribution is 2.09. The molecule has 0 radical (unpaired) electrons. The highest BCUT2D eigenvalue weighted by Gasteiger charge is 2.26. The van der Waals surface area contributed by atoms with E-state index in [0.29, 0.717) is 11.0 Å². The molecule has 0 fully saturated rings. The molecule has 1 aromatic carbocycles. The van der Waals surface area contributed by atoms with Gasteiger partial charge in [0.05, 0.1) is 18.1 Å². The third-order valence-electron chi connectivity index (χ3n) is 3.24. The summed E-state index contributed by atoms with van der Waals surface area (Å²) >= 11 is 0. The van der Waals surface area contributed by atoms with Gasteiger partial charge in [0.15, 0.2) is 0 Å². The van der Waals surface area contributed by atoms with Gasteiger partial charge in [-0.05, 0) is 32.9 Å². The number of rotatable bonds is 4. The van der Waals surface area contributed by atoms with Crippen LogP contribution in [0.2, 0.25) is 0 Å². The maximum atomic E-state index is 12.2. The summed E-state index contributed by atoms with van der Waals surface area (Å²) in [4.78, 5) is 43.0. The second-order valence-corrected chi connectivity index (χ2v) is 6.46. The van der Waals surface area contributed by atoms with Crippen molar-refractivity contribution in [2.75, 3.05) is 7.11 Å². The second kappa shape index (κ2) is 7.33. The lowest BCUT2D eigenvalue weighted by Crippen LogP contribution is -2.46. The molecule has 0 aliphatic rings. The van der Waals surface area contributed by atoms with E-state index in [2.05, 4.69) is 15.3 Å². The van der Waals surface area contributed by atoms with Crippen molar-refractivity contribution in [1.82, 2.24) is 15.3 Å². The van der Waals surface area contributed by atoms with Crippen LogP contribution in [-0.2, 0) is 20.7 Å². The van der Waals surface area contributed by atoms with Gasteiger partial charge in [-0.3, -0.25) is 4.79 Å². The van der Waals surface area contributed by atoms with E-state index in [4.69, 9.17) is 9.47 Å². The third-order valence-corrected chi connectivity index (χ3v) is 3.24. The quantitative estimate of drug-likeness (QED) is 0.812. The van der Waals surface area contributed by atoms with Crippen molar-refractivity contribution in [3.8, 4) is 0 Å². The fourth-order valence-electron chi connectivity index (χ4n) is 2.18. The summed E-state index contributed by atoms with van der Waals surface area (Å²) < 4.78 is 9.83. The molecule has 0 saturated heterocycles. The van der Waals surface area contributed by atoms with E-state index in [1.54, 1.807) is 45.0 Å². The zero-order chi connectivity index (χ0) is 18.6. The van der Waals surface area contributed by atoms with Crippen molar-refractivity contribution < 1.29 is 19.1 Å². The highest BCUT2D eigenvalue weighted by molar-refractivity contribution is 5.81. The summed E-state index contributed by atoms with van der Waals surface area (Å²) in [5.41, 5.74) is 0.136. The average molecular weight is 347 g/mol. The first-order chi connectivity index (χ1) is 11.7. The van der Waals surface area contributed by atoms with Crippen LogP contribution in [0.1, 0.15) is 26.5 Å². The molecule has 134 valence electrons. The van der Waals surface area contributed by atoms with Crippen LogP contribution in [0.5, 0.6) is 0 Å². The molecule has 0 spiro atoms. The molecule has 1 heterocycles. The normalized spacial score (nSPS) is 12.5. The molecule has 2 rings (SSSR count). The molecule has 1 aromatic heterocycles. The molecule has 1 atom stereocenters. The number of benzene rings is 1. The standard InChI is InChI=1S/C17H21N3O5/c1-17(2,3)25-16(23)20-13(15(22)24-4)9-12-14(21)19-11-8-6-5-7-10(11)18-12/h5-8,13H,9H2,1-4H3,(H,19,21)(H,20,23). The van der Waals surface area contributed by atoms with Crippen molar-refractivity contribution >= 4 is 23.1 Å². The fourth-order valence-corrected chi connectivity index (χ4v) is 2.18. The molecule has 25 heavy (non-hydrogen) atoms. The summed E-state index contributed by atoms with van der Waals surface area (Å²) in [5, 5.41) is 2.42. The topological polar surface area (TPSA) is 110 Å². The van der Waals surface area contributed by atoms with Crippen molar-refractivity contribution in [2.24, 2.45) is 0 Å². The van der Waals surface area contributed by atoms with Crippen LogP contribution in [-0.4, -0.2) is 40.8 Å². The van der Waals surface area contributed by atoms with Gasteiger partial charge in [-0.25, -0.2) is 14.6 Å². The van der Waals surface area contributed by atoms with Crippen molar-refractivity contribution in [3.63, 3.8) is 0 Å². The molecular weight excluding hydrogens is 326 g/mol. The van der Waals surface area contributed by atoms with Crippen molar-refractivity contribution in [3.05, 3.63) is 40.3 Å². The Bertz CT molecular complexity index is 838. The Kier molecular flexibility index (Phi) is 5.41. The maximum absolute atomic E-state index is 12.2. The maximum Gasteiger partial charge on any atom is 0.408 e. The number of fused-ring (bicyclic) bond motifs is 1. The molecule has 0 saturated carbocycles. The van der Waals surface area contributed by atoms with Gasteiger partial charge in [0, 0.05) is 6.42 Å². The van der Waals surface area contributed by atoms with Crippen LogP contribution >= 0.6 is 0 Å². The zero-order valence-corrected chi connectivity index (χ0v) is 14.6. The van der Waals surface area contributed by atoms with Gasteiger partial charge >= 0.3 is 12.1 Å². The second-order valence-electron chi connectivity index (χ2n) is 6.46. The first-order valence-electron chi connectivity index (χ1n) is 7.75. The monoisotopic (exact) mass is 347 g/mol. The lowest BCUT2D eigenvalue weighted by molar-refractivity contribution is -0.143. The Morgan fingerprint density at radius 1 is 1.28 bits per heavy atom. The zero-order valence-electron chi connectivity index (χ0n) is 14.6. The Hall–Kier alpha value is -2.90. The summed E-state index contributed by atoms with van der Waals surface area (Å²) in [6.07, 6.45) is -0.897. The number of carbonyl (C=O) groups excluding carboxylic acids is 2. The van der Waals surface area contributed by atoms with E-state index < -0.39 is 29.3 Å². The van der Waals surface area contributed by atoms with Gasteiger partial charge in [-0.2, -0.15) is 0 Å². The number of para-hydroxylation sites is 2. The predicted octanol–water partition coefficient (Wildman–Crippen LogP) is 1.53. The molecule has 1 amide bonds. The molecule has 0 aliphatic carbocycles. The summed E-state index contributed by atoms with van der Waals surface area (Å²) in [6, 6.07) is 5.94.